The zero-order valence-corrected chi connectivity index (χ0v) is 15.2. The van der Waals surface area contributed by atoms with Gasteiger partial charge in [-0.2, -0.15) is 0 Å². The number of nitrogens with zero attached hydrogens (tertiary/aromatic N) is 2. The van der Waals surface area contributed by atoms with Crippen LogP contribution in [0.4, 0.5) is 4.39 Å². The number of carbonyl (C=O) groups is 1. The van der Waals surface area contributed by atoms with Gasteiger partial charge in [-0.05, 0) is 36.8 Å². The first-order valence-corrected chi connectivity index (χ1v) is 9.36. The van der Waals surface area contributed by atoms with Gasteiger partial charge in [0, 0.05) is 34.1 Å². The van der Waals surface area contributed by atoms with E-state index in [-0.39, 0.29) is 24.4 Å². The number of hydrogen-bond donors (Lipinski definition) is 0. The van der Waals surface area contributed by atoms with E-state index in [1.54, 1.807) is 18.3 Å². The molecule has 0 atom stereocenters. The highest BCUT2D eigenvalue weighted by Gasteiger charge is 2.14. The van der Waals surface area contributed by atoms with Crippen LogP contribution >= 0.6 is 22.9 Å². The van der Waals surface area contributed by atoms with Crippen molar-refractivity contribution in [3.8, 4) is 10.6 Å². The quantitative estimate of drug-likeness (QED) is 0.415. The Labute approximate surface area is 158 Å². The molecule has 4 aromatic rings. The van der Waals surface area contributed by atoms with E-state index in [2.05, 4.69) is 4.98 Å². The lowest BCUT2D eigenvalue weighted by molar-refractivity contribution is 0.0983. The standard InChI is InChI=1S/C20H14ClFN2OS/c21-15-4-3-5-16(22)14(15)7-8-18(25)13-10-19(26-12-13)17-11-23-20-6-1-2-9-24(17)20/h1-6,9-12H,7-8H2. The van der Waals surface area contributed by atoms with E-state index in [9.17, 15) is 9.18 Å². The molecule has 3 aromatic heterocycles. The molecule has 6 heteroatoms. The van der Waals surface area contributed by atoms with Crippen molar-refractivity contribution in [1.82, 2.24) is 9.38 Å². The van der Waals surface area contributed by atoms with Crippen molar-refractivity contribution in [2.24, 2.45) is 0 Å². The average Bonchev–Trinajstić information content (AvgIpc) is 3.28. The molecule has 4 rings (SSSR count). The van der Waals surface area contributed by atoms with Crippen LogP contribution in [0, 0.1) is 5.82 Å². The third kappa shape index (κ3) is 3.16. The van der Waals surface area contributed by atoms with E-state index in [0.717, 1.165) is 16.2 Å². The highest BCUT2D eigenvalue weighted by Crippen LogP contribution is 2.29. The Morgan fingerprint density at radius 2 is 2.12 bits per heavy atom. The molecule has 0 saturated heterocycles. The number of hydrogen-bond acceptors (Lipinski definition) is 3. The van der Waals surface area contributed by atoms with Gasteiger partial charge in [-0.3, -0.25) is 9.20 Å². The number of halogens is 2. The summed E-state index contributed by atoms with van der Waals surface area (Å²) >= 11 is 7.52. The predicted molar refractivity (Wildman–Crippen MR) is 103 cm³/mol. The van der Waals surface area contributed by atoms with Gasteiger partial charge in [-0.25, -0.2) is 9.37 Å². The molecule has 0 aliphatic carbocycles. The molecule has 3 nitrogen and oxygen atoms in total. The molecule has 130 valence electrons. The summed E-state index contributed by atoms with van der Waals surface area (Å²) in [5.74, 6) is -0.400. The average molecular weight is 385 g/mol. The van der Waals surface area contributed by atoms with Crippen LogP contribution < -0.4 is 0 Å². The van der Waals surface area contributed by atoms with E-state index in [0.29, 0.717) is 16.1 Å². The van der Waals surface area contributed by atoms with Crippen molar-refractivity contribution < 1.29 is 9.18 Å². The van der Waals surface area contributed by atoms with Crippen LogP contribution in [-0.4, -0.2) is 15.2 Å². The molecule has 0 aliphatic rings. The van der Waals surface area contributed by atoms with Gasteiger partial charge in [0.05, 0.1) is 16.8 Å². The second-order valence-electron chi connectivity index (χ2n) is 5.90. The maximum Gasteiger partial charge on any atom is 0.164 e. The molecule has 0 amide bonds. The zero-order valence-electron chi connectivity index (χ0n) is 13.7. The fraction of sp³-hybridized carbons (Fsp3) is 0.100. The van der Waals surface area contributed by atoms with Crippen LogP contribution in [0.3, 0.4) is 0 Å². The number of rotatable bonds is 5. The number of aromatic nitrogens is 2. The number of fused-ring (bicyclic) bond motifs is 1. The maximum absolute atomic E-state index is 13.8. The zero-order chi connectivity index (χ0) is 18.1. The number of imidazole rings is 1. The van der Waals surface area contributed by atoms with Crippen molar-refractivity contribution in [2.75, 3.05) is 0 Å². The van der Waals surface area contributed by atoms with Crippen molar-refractivity contribution >= 4 is 34.4 Å². The Bertz CT molecular complexity index is 1080. The van der Waals surface area contributed by atoms with Crippen molar-refractivity contribution in [1.29, 1.82) is 0 Å². The number of Topliss-reactive ketones (excluding diaryl/α,β-unsaturated/α-hetero) is 1. The van der Waals surface area contributed by atoms with Gasteiger partial charge in [0.15, 0.2) is 5.78 Å². The van der Waals surface area contributed by atoms with Gasteiger partial charge in [0.1, 0.15) is 11.5 Å². The number of thiophene rings is 1. The lowest BCUT2D eigenvalue weighted by atomic mass is 10.0. The molecular weight excluding hydrogens is 371 g/mol. The minimum atomic E-state index is -0.373. The van der Waals surface area contributed by atoms with Crippen molar-refractivity contribution in [3.63, 3.8) is 0 Å². The maximum atomic E-state index is 13.8. The molecule has 0 radical (unpaired) electrons. The predicted octanol–water partition coefficient (Wildman–Crippen LogP) is 5.67. The van der Waals surface area contributed by atoms with Crippen LogP contribution in [0.5, 0.6) is 0 Å². The molecular formula is C20H14ClFN2OS. The third-order valence-corrected chi connectivity index (χ3v) is 5.56. The summed E-state index contributed by atoms with van der Waals surface area (Å²) in [7, 11) is 0. The summed E-state index contributed by atoms with van der Waals surface area (Å²) in [4.78, 5) is 17.8. The minimum absolute atomic E-state index is 0.0272. The first-order chi connectivity index (χ1) is 12.6. The fourth-order valence-corrected chi connectivity index (χ4v) is 4.06. The largest absolute Gasteiger partial charge is 0.299 e. The smallest absolute Gasteiger partial charge is 0.164 e. The summed E-state index contributed by atoms with van der Waals surface area (Å²) < 4.78 is 15.8. The number of ketones is 1. The first kappa shape index (κ1) is 16.9. The molecule has 0 fully saturated rings. The summed E-state index contributed by atoms with van der Waals surface area (Å²) in [6.07, 6.45) is 4.24. The molecule has 0 N–H and O–H groups in total. The van der Waals surface area contributed by atoms with Crippen LogP contribution in [-0.2, 0) is 6.42 Å². The number of benzene rings is 1. The highest BCUT2D eigenvalue weighted by molar-refractivity contribution is 7.13. The van der Waals surface area contributed by atoms with Crippen LogP contribution in [0.25, 0.3) is 16.2 Å². The molecule has 0 bridgehead atoms. The van der Waals surface area contributed by atoms with Crippen molar-refractivity contribution in [2.45, 2.75) is 12.8 Å². The van der Waals surface area contributed by atoms with E-state index in [1.807, 2.05) is 40.2 Å². The molecule has 0 spiro atoms. The van der Waals surface area contributed by atoms with Gasteiger partial charge < -0.3 is 0 Å². The van der Waals surface area contributed by atoms with E-state index >= 15 is 0 Å². The van der Waals surface area contributed by atoms with Crippen LogP contribution in [0.2, 0.25) is 5.02 Å². The van der Waals surface area contributed by atoms with E-state index < -0.39 is 0 Å². The number of carbonyl (C=O) groups excluding carboxylic acids is 1. The van der Waals surface area contributed by atoms with Gasteiger partial charge in [-0.1, -0.05) is 23.7 Å². The Kier molecular flexibility index (Phi) is 4.57. The Morgan fingerprint density at radius 1 is 1.23 bits per heavy atom. The lowest BCUT2D eigenvalue weighted by Crippen LogP contribution is -2.01. The second kappa shape index (κ2) is 7.02. The summed E-state index contributed by atoms with van der Waals surface area (Å²) in [5.41, 5.74) is 2.82. The van der Waals surface area contributed by atoms with Gasteiger partial charge in [-0.15, -0.1) is 11.3 Å². The summed E-state index contributed by atoms with van der Waals surface area (Å²) in [5, 5.41) is 2.19. The Morgan fingerprint density at radius 3 is 2.96 bits per heavy atom. The molecule has 26 heavy (non-hydrogen) atoms. The topological polar surface area (TPSA) is 34.4 Å². The monoisotopic (exact) mass is 384 g/mol. The Hall–Kier alpha value is -2.50. The number of pyridine rings is 1. The first-order valence-electron chi connectivity index (χ1n) is 8.10. The molecule has 3 heterocycles. The van der Waals surface area contributed by atoms with Crippen LogP contribution in [0.15, 0.2) is 60.2 Å². The lowest BCUT2D eigenvalue weighted by Gasteiger charge is -2.04. The molecule has 1 aromatic carbocycles. The molecule has 0 unspecified atom stereocenters. The fourth-order valence-electron chi connectivity index (χ4n) is 2.89. The normalized spacial score (nSPS) is 11.2. The van der Waals surface area contributed by atoms with Crippen molar-refractivity contribution in [3.05, 3.63) is 82.2 Å². The highest BCUT2D eigenvalue weighted by atomic mass is 35.5. The summed E-state index contributed by atoms with van der Waals surface area (Å²) in [6, 6.07) is 12.2. The molecule has 0 saturated carbocycles. The van der Waals surface area contributed by atoms with Crippen LogP contribution in [0.1, 0.15) is 22.3 Å². The Balaban J connectivity index is 1.53. The van der Waals surface area contributed by atoms with E-state index in [4.69, 9.17) is 11.6 Å². The summed E-state index contributed by atoms with van der Waals surface area (Å²) in [6.45, 7) is 0. The minimum Gasteiger partial charge on any atom is -0.299 e. The van der Waals surface area contributed by atoms with Gasteiger partial charge in [0.25, 0.3) is 0 Å². The molecule has 0 aliphatic heterocycles. The van der Waals surface area contributed by atoms with Gasteiger partial charge in [0.2, 0.25) is 0 Å². The second-order valence-corrected chi connectivity index (χ2v) is 7.21. The van der Waals surface area contributed by atoms with Gasteiger partial charge >= 0.3 is 0 Å². The third-order valence-electron chi connectivity index (χ3n) is 4.25. The SMILES string of the molecule is O=C(CCc1c(F)cccc1Cl)c1csc(-c2cnc3ccccn23)c1. The van der Waals surface area contributed by atoms with E-state index in [1.165, 1.54) is 17.4 Å².